The molecule has 1 fully saturated rings. The van der Waals surface area contributed by atoms with Gasteiger partial charge < -0.3 is 4.74 Å². The minimum Gasteiger partial charge on any atom is -0.469 e. The lowest BCUT2D eigenvalue weighted by Gasteiger charge is -2.21. The van der Waals surface area contributed by atoms with E-state index in [-0.39, 0.29) is 11.5 Å². The average molecular weight is 337 g/mol. The third-order valence-electron chi connectivity index (χ3n) is 3.22. The Bertz CT molecular complexity index is 495. The molecule has 19 heavy (non-hydrogen) atoms. The molecule has 0 amide bonds. The topological polar surface area (TPSA) is 26.3 Å². The quantitative estimate of drug-likeness (QED) is 0.775. The Morgan fingerprint density at radius 3 is 2.53 bits per heavy atom. The summed E-state index contributed by atoms with van der Waals surface area (Å²) in [6, 6.07) is 3.83. The van der Waals surface area contributed by atoms with Gasteiger partial charge in [-0.25, -0.2) is 0 Å². The Balaban J connectivity index is 2.55. The highest BCUT2D eigenvalue weighted by Gasteiger charge is 2.44. The molecular weight excluding hydrogens is 325 g/mol. The van der Waals surface area contributed by atoms with Crippen LogP contribution < -0.4 is 0 Å². The first kappa shape index (κ1) is 14.4. The van der Waals surface area contributed by atoms with Crippen LogP contribution in [-0.2, 0) is 15.7 Å². The zero-order valence-corrected chi connectivity index (χ0v) is 11.7. The predicted molar refractivity (Wildman–Crippen MR) is 66.6 cm³/mol. The number of hydrogen-bond donors (Lipinski definition) is 0. The third-order valence-corrected chi connectivity index (χ3v) is 3.91. The first-order valence-electron chi connectivity index (χ1n) is 5.79. The number of carbonyl (C=O) groups is 1. The molecule has 1 aromatic rings. The van der Waals surface area contributed by atoms with Gasteiger partial charge in [0.05, 0.1) is 18.6 Å². The van der Waals surface area contributed by atoms with Crippen molar-refractivity contribution in [2.24, 2.45) is 5.92 Å². The average Bonchev–Trinajstić information content (AvgIpc) is 3.14. The van der Waals surface area contributed by atoms with E-state index in [4.69, 9.17) is 0 Å². The molecule has 0 saturated heterocycles. The second-order valence-electron chi connectivity index (χ2n) is 4.54. The largest absolute Gasteiger partial charge is 0.469 e. The molecule has 1 unspecified atom stereocenters. The third kappa shape index (κ3) is 2.94. The van der Waals surface area contributed by atoms with Crippen LogP contribution in [0.1, 0.15) is 29.9 Å². The molecule has 1 aromatic carbocycles. The Hall–Kier alpha value is -1.04. The van der Waals surface area contributed by atoms with E-state index in [0.717, 1.165) is 18.9 Å². The minimum atomic E-state index is -4.49. The maximum Gasteiger partial charge on any atom is 0.416 e. The summed E-state index contributed by atoms with van der Waals surface area (Å²) in [6.07, 6.45) is -2.99. The molecule has 0 aromatic heterocycles. The zero-order chi connectivity index (χ0) is 14.2. The number of halogens is 4. The fraction of sp³-hybridized carbons (Fsp3) is 0.462. The molecule has 2 nitrogen and oxygen atoms in total. The smallest absolute Gasteiger partial charge is 0.416 e. The van der Waals surface area contributed by atoms with E-state index in [0.29, 0.717) is 4.47 Å². The predicted octanol–water partition coefficient (Wildman–Crippen LogP) is 4.13. The molecule has 1 saturated carbocycles. The second-order valence-corrected chi connectivity index (χ2v) is 5.39. The van der Waals surface area contributed by atoms with Gasteiger partial charge in [-0.15, -0.1) is 0 Å². The monoisotopic (exact) mass is 336 g/mol. The number of alkyl halides is 3. The lowest BCUT2D eigenvalue weighted by Crippen LogP contribution is -2.21. The highest BCUT2D eigenvalue weighted by atomic mass is 79.9. The van der Waals surface area contributed by atoms with Crippen molar-refractivity contribution < 1.29 is 22.7 Å². The SMILES string of the molecule is COC(=O)C(c1c(Br)cccc1C(F)(F)F)C1CC1. The van der Waals surface area contributed by atoms with Crippen molar-refractivity contribution >= 4 is 21.9 Å². The summed E-state index contributed by atoms with van der Waals surface area (Å²) in [4.78, 5) is 11.8. The number of carbonyl (C=O) groups excluding carboxylic acids is 1. The lowest BCUT2D eigenvalue weighted by molar-refractivity contribution is -0.144. The Labute approximate surface area is 117 Å². The van der Waals surface area contributed by atoms with Crippen LogP contribution in [0, 0.1) is 5.92 Å². The lowest BCUT2D eigenvalue weighted by atomic mass is 9.90. The van der Waals surface area contributed by atoms with E-state index < -0.39 is 23.6 Å². The van der Waals surface area contributed by atoms with Crippen LogP contribution in [0.5, 0.6) is 0 Å². The molecule has 0 aliphatic heterocycles. The number of hydrogen-bond acceptors (Lipinski definition) is 2. The maximum atomic E-state index is 13.1. The van der Waals surface area contributed by atoms with Crippen LogP contribution in [0.3, 0.4) is 0 Å². The Kier molecular flexibility index (Phi) is 3.90. The fourth-order valence-electron chi connectivity index (χ4n) is 2.20. The van der Waals surface area contributed by atoms with Crippen molar-refractivity contribution in [3.63, 3.8) is 0 Å². The number of rotatable bonds is 3. The van der Waals surface area contributed by atoms with Gasteiger partial charge in [-0.1, -0.05) is 22.0 Å². The van der Waals surface area contributed by atoms with Crippen LogP contribution >= 0.6 is 15.9 Å². The fourth-order valence-corrected chi connectivity index (χ4v) is 2.82. The van der Waals surface area contributed by atoms with E-state index in [1.165, 1.54) is 19.2 Å². The molecule has 1 aliphatic carbocycles. The van der Waals surface area contributed by atoms with Crippen molar-refractivity contribution in [2.75, 3.05) is 7.11 Å². The van der Waals surface area contributed by atoms with Gasteiger partial charge in [0.1, 0.15) is 0 Å². The second kappa shape index (κ2) is 5.15. The van der Waals surface area contributed by atoms with Crippen molar-refractivity contribution in [1.82, 2.24) is 0 Å². The van der Waals surface area contributed by atoms with Gasteiger partial charge in [-0.3, -0.25) is 4.79 Å². The first-order valence-corrected chi connectivity index (χ1v) is 6.59. The summed E-state index contributed by atoms with van der Waals surface area (Å²) >= 11 is 3.13. The summed E-state index contributed by atoms with van der Waals surface area (Å²) in [7, 11) is 1.20. The summed E-state index contributed by atoms with van der Waals surface area (Å²) in [5.74, 6) is -1.52. The molecular formula is C13H12BrF3O2. The highest BCUT2D eigenvalue weighted by molar-refractivity contribution is 9.10. The van der Waals surface area contributed by atoms with E-state index in [1.54, 1.807) is 0 Å². The first-order chi connectivity index (χ1) is 8.86. The van der Waals surface area contributed by atoms with Gasteiger partial charge in [0, 0.05) is 4.47 Å². The van der Waals surface area contributed by atoms with Gasteiger partial charge in [0.15, 0.2) is 0 Å². The summed E-state index contributed by atoms with van der Waals surface area (Å²) in [6.45, 7) is 0. The van der Waals surface area contributed by atoms with Gasteiger partial charge in [-0.05, 0) is 36.5 Å². The van der Waals surface area contributed by atoms with Crippen LogP contribution in [0.4, 0.5) is 13.2 Å². The number of ether oxygens (including phenoxy) is 1. The summed E-state index contributed by atoms with van der Waals surface area (Å²) in [5.41, 5.74) is -0.784. The Morgan fingerprint density at radius 2 is 2.05 bits per heavy atom. The van der Waals surface area contributed by atoms with Gasteiger partial charge in [0.2, 0.25) is 0 Å². The van der Waals surface area contributed by atoms with E-state index >= 15 is 0 Å². The van der Waals surface area contributed by atoms with Gasteiger partial charge >= 0.3 is 12.1 Å². The van der Waals surface area contributed by atoms with Crippen molar-refractivity contribution in [1.29, 1.82) is 0 Å². The van der Waals surface area contributed by atoms with Gasteiger partial charge in [-0.2, -0.15) is 13.2 Å². The minimum absolute atomic E-state index is 0.00986. The molecule has 1 atom stereocenters. The number of benzene rings is 1. The molecule has 0 bridgehead atoms. The standard InChI is InChI=1S/C13H12BrF3O2/c1-19-12(18)10(7-5-6-7)11-8(13(15,16)17)3-2-4-9(11)14/h2-4,7,10H,5-6H2,1H3. The number of esters is 1. The molecule has 2 rings (SSSR count). The Morgan fingerprint density at radius 1 is 1.42 bits per heavy atom. The summed E-state index contributed by atoms with van der Waals surface area (Å²) in [5, 5.41) is 0. The molecule has 104 valence electrons. The van der Waals surface area contributed by atoms with Crippen molar-refractivity contribution in [2.45, 2.75) is 24.9 Å². The van der Waals surface area contributed by atoms with Crippen LogP contribution in [-0.4, -0.2) is 13.1 Å². The molecule has 0 spiro atoms. The van der Waals surface area contributed by atoms with Crippen molar-refractivity contribution in [3.8, 4) is 0 Å². The van der Waals surface area contributed by atoms with Gasteiger partial charge in [0.25, 0.3) is 0 Å². The van der Waals surface area contributed by atoms with Crippen LogP contribution in [0.25, 0.3) is 0 Å². The van der Waals surface area contributed by atoms with Crippen LogP contribution in [0.15, 0.2) is 22.7 Å². The highest BCUT2D eigenvalue weighted by Crippen LogP contribution is 2.48. The molecule has 1 aliphatic rings. The maximum absolute atomic E-state index is 13.1. The zero-order valence-electron chi connectivity index (χ0n) is 10.1. The molecule has 6 heteroatoms. The van der Waals surface area contributed by atoms with Crippen LogP contribution in [0.2, 0.25) is 0 Å². The van der Waals surface area contributed by atoms with E-state index in [1.807, 2.05) is 0 Å². The van der Waals surface area contributed by atoms with E-state index in [2.05, 4.69) is 20.7 Å². The summed E-state index contributed by atoms with van der Waals surface area (Å²) < 4.78 is 44.2. The number of methoxy groups -OCH3 is 1. The van der Waals surface area contributed by atoms with Crippen molar-refractivity contribution in [3.05, 3.63) is 33.8 Å². The molecule has 0 heterocycles. The molecule has 0 N–H and O–H groups in total. The normalized spacial score (nSPS) is 17.1. The van der Waals surface area contributed by atoms with E-state index in [9.17, 15) is 18.0 Å². The molecule has 0 radical (unpaired) electrons.